The van der Waals surface area contributed by atoms with Gasteiger partial charge in [-0.15, -0.1) is 0 Å². The van der Waals surface area contributed by atoms with Crippen molar-refractivity contribution in [1.82, 2.24) is 0 Å². The Labute approximate surface area is 83.8 Å². The molecule has 1 aromatic rings. The molecule has 1 aliphatic heterocycles. The van der Waals surface area contributed by atoms with Crippen molar-refractivity contribution in [2.75, 3.05) is 20.3 Å². The molecule has 1 aromatic carbocycles. The van der Waals surface area contributed by atoms with Gasteiger partial charge in [-0.05, 0) is 30.2 Å². The number of methoxy groups -OCH3 is 1. The summed E-state index contributed by atoms with van der Waals surface area (Å²) in [6.07, 6.45) is 1.85. The first kappa shape index (κ1) is 9.34. The predicted octanol–water partition coefficient (Wildman–Crippen LogP) is 1.13. The Morgan fingerprint density at radius 2 is 2.36 bits per heavy atom. The Morgan fingerprint density at radius 1 is 1.50 bits per heavy atom. The number of hydrogen-bond acceptors (Lipinski definition) is 3. The number of benzene rings is 1. The minimum Gasteiger partial charge on any atom is -0.496 e. The third-order valence-corrected chi connectivity index (χ3v) is 2.51. The van der Waals surface area contributed by atoms with E-state index in [1.54, 1.807) is 7.11 Å². The highest BCUT2D eigenvalue weighted by Crippen LogP contribution is 2.32. The zero-order valence-corrected chi connectivity index (χ0v) is 8.38. The summed E-state index contributed by atoms with van der Waals surface area (Å²) >= 11 is 0. The molecule has 14 heavy (non-hydrogen) atoms. The van der Waals surface area contributed by atoms with E-state index in [1.807, 2.05) is 6.07 Å². The average Bonchev–Trinajstić information content (AvgIpc) is 2.64. The molecule has 2 N–H and O–H groups in total. The molecule has 0 radical (unpaired) electrons. The molecule has 1 heterocycles. The van der Waals surface area contributed by atoms with Gasteiger partial charge in [0.1, 0.15) is 11.5 Å². The maximum Gasteiger partial charge on any atom is 0.126 e. The maximum absolute atomic E-state index is 5.54. The average molecular weight is 193 g/mol. The zero-order valence-electron chi connectivity index (χ0n) is 8.38. The van der Waals surface area contributed by atoms with Gasteiger partial charge in [0.2, 0.25) is 0 Å². The molecule has 0 atom stereocenters. The highest BCUT2D eigenvalue weighted by molar-refractivity contribution is 5.48. The summed E-state index contributed by atoms with van der Waals surface area (Å²) in [5.74, 6) is 1.85. The second kappa shape index (κ2) is 3.88. The largest absolute Gasteiger partial charge is 0.496 e. The molecule has 0 spiro atoms. The molecule has 2 rings (SSSR count). The fraction of sp³-hybridized carbons (Fsp3) is 0.455. The van der Waals surface area contributed by atoms with Crippen LogP contribution >= 0.6 is 0 Å². The first-order valence-electron chi connectivity index (χ1n) is 4.88. The van der Waals surface area contributed by atoms with Crippen LogP contribution in [-0.2, 0) is 12.8 Å². The van der Waals surface area contributed by atoms with E-state index in [1.165, 1.54) is 11.1 Å². The molecule has 76 valence electrons. The molecular formula is C11H15NO2. The number of rotatable bonds is 3. The molecule has 0 fully saturated rings. The number of ether oxygens (including phenoxy) is 2. The van der Waals surface area contributed by atoms with Gasteiger partial charge in [-0.3, -0.25) is 0 Å². The molecule has 0 saturated heterocycles. The Kier molecular flexibility index (Phi) is 2.59. The maximum atomic E-state index is 5.54. The highest BCUT2D eigenvalue weighted by atomic mass is 16.5. The van der Waals surface area contributed by atoms with Gasteiger partial charge < -0.3 is 15.2 Å². The third kappa shape index (κ3) is 1.55. The summed E-state index contributed by atoms with van der Waals surface area (Å²) in [5, 5.41) is 0. The van der Waals surface area contributed by atoms with Crippen molar-refractivity contribution in [1.29, 1.82) is 0 Å². The molecule has 3 nitrogen and oxygen atoms in total. The van der Waals surface area contributed by atoms with Crippen molar-refractivity contribution in [3.63, 3.8) is 0 Å². The van der Waals surface area contributed by atoms with Crippen LogP contribution in [0.2, 0.25) is 0 Å². The summed E-state index contributed by atoms with van der Waals surface area (Å²) in [7, 11) is 1.68. The number of nitrogens with two attached hydrogens (primary N) is 1. The lowest BCUT2D eigenvalue weighted by molar-refractivity contribution is 0.352. The second-order valence-electron chi connectivity index (χ2n) is 3.41. The smallest absolute Gasteiger partial charge is 0.126 e. The van der Waals surface area contributed by atoms with E-state index < -0.39 is 0 Å². The third-order valence-electron chi connectivity index (χ3n) is 2.51. The van der Waals surface area contributed by atoms with Crippen LogP contribution in [0, 0.1) is 0 Å². The Bertz CT molecular complexity index is 336. The highest BCUT2D eigenvalue weighted by Gasteiger charge is 2.15. The van der Waals surface area contributed by atoms with Gasteiger partial charge in [0, 0.05) is 12.5 Å². The molecule has 0 aliphatic carbocycles. The monoisotopic (exact) mass is 193 g/mol. The Morgan fingerprint density at radius 3 is 3.07 bits per heavy atom. The topological polar surface area (TPSA) is 44.5 Å². The zero-order chi connectivity index (χ0) is 9.97. The lowest BCUT2D eigenvalue weighted by atomic mass is 10.1. The van der Waals surface area contributed by atoms with Gasteiger partial charge >= 0.3 is 0 Å². The van der Waals surface area contributed by atoms with Gasteiger partial charge in [-0.25, -0.2) is 0 Å². The first-order chi connectivity index (χ1) is 6.85. The predicted molar refractivity (Wildman–Crippen MR) is 55.0 cm³/mol. The van der Waals surface area contributed by atoms with Crippen molar-refractivity contribution < 1.29 is 9.47 Å². The summed E-state index contributed by atoms with van der Waals surface area (Å²) in [6, 6.07) is 4.11. The summed E-state index contributed by atoms with van der Waals surface area (Å²) in [5.41, 5.74) is 7.99. The fourth-order valence-corrected chi connectivity index (χ4v) is 1.80. The second-order valence-corrected chi connectivity index (χ2v) is 3.41. The van der Waals surface area contributed by atoms with E-state index in [9.17, 15) is 0 Å². The molecule has 0 aromatic heterocycles. The quantitative estimate of drug-likeness (QED) is 0.782. The summed E-state index contributed by atoms with van der Waals surface area (Å²) in [6.45, 7) is 1.43. The van der Waals surface area contributed by atoms with Crippen molar-refractivity contribution in [2.45, 2.75) is 12.8 Å². The standard InChI is InChI=1S/C11H15NO2/c1-13-10-7-11-9(3-5-14-11)6-8(10)2-4-12/h6-7H,2-5,12H2,1H3. The first-order valence-corrected chi connectivity index (χ1v) is 4.88. The van der Waals surface area contributed by atoms with Crippen molar-refractivity contribution >= 4 is 0 Å². The van der Waals surface area contributed by atoms with Gasteiger partial charge in [0.15, 0.2) is 0 Å². The summed E-state index contributed by atoms with van der Waals surface area (Å²) < 4.78 is 10.8. The van der Waals surface area contributed by atoms with Crippen LogP contribution in [0.3, 0.4) is 0 Å². The van der Waals surface area contributed by atoms with E-state index in [0.717, 1.165) is 30.9 Å². The van der Waals surface area contributed by atoms with Crippen LogP contribution in [0.5, 0.6) is 11.5 Å². The van der Waals surface area contributed by atoms with E-state index in [-0.39, 0.29) is 0 Å². The molecule has 0 amide bonds. The van der Waals surface area contributed by atoms with Crippen molar-refractivity contribution in [3.05, 3.63) is 23.3 Å². The normalized spacial score (nSPS) is 13.6. The van der Waals surface area contributed by atoms with Crippen LogP contribution in [0.4, 0.5) is 0 Å². The Balaban J connectivity index is 2.38. The minimum atomic E-state index is 0.649. The lowest BCUT2D eigenvalue weighted by Crippen LogP contribution is -2.04. The molecule has 1 aliphatic rings. The molecule has 0 saturated carbocycles. The summed E-state index contributed by atoms with van der Waals surface area (Å²) in [4.78, 5) is 0. The van der Waals surface area contributed by atoms with Crippen molar-refractivity contribution in [3.8, 4) is 11.5 Å². The molecule has 3 heteroatoms. The Hall–Kier alpha value is -1.22. The van der Waals surface area contributed by atoms with Crippen LogP contribution in [0.25, 0.3) is 0 Å². The van der Waals surface area contributed by atoms with E-state index >= 15 is 0 Å². The van der Waals surface area contributed by atoms with E-state index in [4.69, 9.17) is 15.2 Å². The van der Waals surface area contributed by atoms with Gasteiger partial charge in [-0.2, -0.15) is 0 Å². The number of fused-ring (bicyclic) bond motifs is 1. The van der Waals surface area contributed by atoms with Crippen LogP contribution in [0.1, 0.15) is 11.1 Å². The van der Waals surface area contributed by atoms with Crippen LogP contribution < -0.4 is 15.2 Å². The van der Waals surface area contributed by atoms with Crippen molar-refractivity contribution in [2.24, 2.45) is 5.73 Å². The van der Waals surface area contributed by atoms with E-state index in [0.29, 0.717) is 6.54 Å². The van der Waals surface area contributed by atoms with Gasteiger partial charge in [0.25, 0.3) is 0 Å². The van der Waals surface area contributed by atoms with Gasteiger partial charge in [0.05, 0.1) is 13.7 Å². The minimum absolute atomic E-state index is 0.649. The molecular weight excluding hydrogens is 178 g/mol. The lowest BCUT2D eigenvalue weighted by Gasteiger charge is -2.09. The van der Waals surface area contributed by atoms with Gasteiger partial charge in [-0.1, -0.05) is 0 Å². The van der Waals surface area contributed by atoms with E-state index in [2.05, 4.69) is 6.07 Å². The molecule has 0 unspecified atom stereocenters. The van der Waals surface area contributed by atoms with Crippen LogP contribution in [-0.4, -0.2) is 20.3 Å². The molecule has 0 bridgehead atoms. The fourth-order valence-electron chi connectivity index (χ4n) is 1.80. The SMILES string of the molecule is COc1cc2c(cc1CCN)CCO2. The van der Waals surface area contributed by atoms with Crippen LogP contribution in [0.15, 0.2) is 12.1 Å². The number of hydrogen-bond donors (Lipinski definition) is 1.